The lowest BCUT2D eigenvalue weighted by Crippen LogP contribution is -2.12. The SMILES string of the molecule is Cc1cc(NC(=O)c2ccc(F)cc2Cl)sc1C(=O)Nc1nc(-c2ccccn2)cs1. The summed E-state index contributed by atoms with van der Waals surface area (Å²) < 4.78 is 13.2. The van der Waals surface area contributed by atoms with Crippen molar-refractivity contribution in [3.63, 3.8) is 0 Å². The monoisotopic (exact) mass is 472 g/mol. The average Bonchev–Trinajstić information content (AvgIpc) is 3.35. The molecule has 0 aliphatic carbocycles. The van der Waals surface area contributed by atoms with E-state index in [4.69, 9.17) is 11.6 Å². The van der Waals surface area contributed by atoms with Gasteiger partial charge in [0.2, 0.25) is 0 Å². The predicted octanol–water partition coefficient (Wildman–Crippen LogP) is 5.87. The van der Waals surface area contributed by atoms with Crippen LogP contribution in [-0.2, 0) is 0 Å². The Hall–Kier alpha value is -3.14. The molecule has 1 aromatic carbocycles. The Bertz CT molecular complexity index is 1270. The third-order valence-corrected chi connectivity index (χ3v) is 6.41. The first kappa shape index (κ1) is 21.1. The zero-order chi connectivity index (χ0) is 22.0. The van der Waals surface area contributed by atoms with Crippen molar-refractivity contribution in [2.24, 2.45) is 0 Å². The first-order valence-corrected chi connectivity index (χ1v) is 11.0. The van der Waals surface area contributed by atoms with Crippen LogP contribution in [0.5, 0.6) is 0 Å². The number of benzene rings is 1. The van der Waals surface area contributed by atoms with Crippen molar-refractivity contribution in [3.8, 4) is 11.4 Å². The molecule has 2 amide bonds. The lowest BCUT2D eigenvalue weighted by atomic mass is 10.2. The minimum Gasteiger partial charge on any atom is -0.313 e. The van der Waals surface area contributed by atoms with Crippen LogP contribution in [0, 0.1) is 12.7 Å². The maximum Gasteiger partial charge on any atom is 0.267 e. The van der Waals surface area contributed by atoms with Crippen molar-refractivity contribution < 1.29 is 14.0 Å². The van der Waals surface area contributed by atoms with Crippen molar-refractivity contribution in [1.82, 2.24) is 9.97 Å². The van der Waals surface area contributed by atoms with E-state index in [1.165, 1.54) is 17.4 Å². The largest absolute Gasteiger partial charge is 0.313 e. The van der Waals surface area contributed by atoms with Crippen molar-refractivity contribution in [2.45, 2.75) is 6.92 Å². The van der Waals surface area contributed by atoms with Gasteiger partial charge in [-0.3, -0.25) is 19.9 Å². The average molecular weight is 473 g/mol. The van der Waals surface area contributed by atoms with Gasteiger partial charge in [-0.2, -0.15) is 0 Å². The molecule has 0 radical (unpaired) electrons. The highest BCUT2D eigenvalue weighted by molar-refractivity contribution is 7.18. The van der Waals surface area contributed by atoms with Crippen molar-refractivity contribution in [3.05, 3.63) is 80.9 Å². The quantitative estimate of drug-likeness (QED) is 0.380. The topological polar surface area (TPSA) is 84.0 Å². The summed E-state index contributed by atoms with van der Waals surface area (Å²) in [6.45, 7) is 1.77. The molecule has 4 rings (SSSR count). The van der Waals surface area contributed by atoms with Crippen LogP contribution < -0.4 is 10.6 Å². The normalized spacial score (nSPS) is 10.7. The first-order chi connectivity index (χ1) is 14.9. The fourth-order valence-electron chi connectivity index (χ4n) is 2.74. The number of anilines is 2. The first-order valence-electron chi connectivity index (χ1n) is 8.96. The van der Waals surface area contributed by atoms with E-state index in [2.05, 4.69) is 20.6 Å². The molecular formula is C21H14ClFN4O2S2. The molecular weight excluding hydrogens is 459 g/mol. The van der Waals surface area contributed by atoms with Crippen LogP contribution in [0.4, 0.5) is 14.5 Å². The number of carbonyl (C=O) groups is 2. The highest BCUT2D eigenvalue weighted by Crippen LogP contribution is 2.30. The van der Waals surface area contributed by atoms with E-state index in [9.17, 15) is 14.0 Å². The van der Waals surface area contributed by atoms with Crippen molar-refractivity contribution in [2.75, 3.05) is 10.6 Å². The number of rotatable bonds is 5. The standard InChI is InChI=1S/C21H14ClFN4O2S2/c1-11-8-17(26-19(28)13-6-5-12(23)9-14(13)22)31-18(11)20(29)27-21-25-16(10-30-21)15-4-2-3-7-24-15/h2-10H,1H3,(H,26,28)(H,25,27,29). The van der Waals surface area contributed by atoms with Gasteiger partial charge in [0.15, 0.2) is 5.13 Å². The van der Waals surface area contributed by atoms with E-state index in [0.717, 1.165) is 29.2 Å². The number of aryl methyl sites for hydroxylation is 1. The molecule has 0 saturated carbocycles. The summed E-state index contributed by atoms with van der Waals surface area (Å²) in [4.78, 5) is 34.2. The number of hydrogen-bond donors (Lipinski definition) is 2. The molecule has 3 heterocycles. The zero-order valence-corrected chi connectivity index (χ0v) is 18.4. The van der Waals surface area contributed by atoms with Gasteiger partial charge in [-0.1, -0.05) is 17.7 Å². The molecule has 3 aromatic heterocycles. The Kier molecular flexibility index (Phi) is 6.08. The molecule has 0 fully saturated rings. The van der Waals surface area contributed by atoms with E-state index < -0.39 is 11.7 Å². The fourth-order valence-corrected chi connectivity index (χ4v) is 4.65. The maximum absolute atomic E-state index is 13.2. The lowest BCUT2D eigenvalue weighted by molar-refractivity contribution is 0.102. The second-order valence-corrected chi connectivity index (χ2v) is 8.73. The van der Waals surface area contributed by atoms with E-state index in [1.807, 2.05) is 23.6 Å². The number of pyridine rings is 1. The van der Waals surface area contributed by atoms with Gasteiger partial charge >= 0.3 is 0 Å². The smallest absolute Gasteiger partial charge is 0.267 e. The summed E-state index contributed by atoms with van der Waals surface area (Å²) >= 11 is 8.36. The van der Waals surface area contributed by atoms with Gasteiger partial charge in [-0.05, 0) is 48.9 Å². The molecule has 0 unspecified atom stereocenters. The third kappa shape index (κ3) is 4.79. The number of carbonyl (C=O) groups excluding carboxylic acids is 2. The van der Waals surface area contributed by atoms with Crippen LogP contribution in [0.1, 0.15) is 25.6 Å². The van der Waals surface area contributed by atoms with Gasteiger partial charge in [0, 0.05) is 11.6 Å². The van der Waals surface area contributed by atoms with Crippen LogP contribution in [0.3, 0.4) is 0 Å². The summed E-state index contributed by atoms with van der Waals surface area (Å²) in [6.07, 6.45) is 1.68. The molecule has 0 atom stereocenters. The highest BCUT2D eigenvalue weighted by atomic mass is 35.5. The van der Waals surface area contributed by atoms with Gasteiger partial charge in [0.25, 0.3) is 11.8 Å². The second-order valence-electron chi connectivity index (χ2n) is 6.41. The van der Waals surface area contributed by atoms with Crippen LogP contribution >= 0.6 is 34.3 Å². The summed E-state index contributed by atoms with van der Waals surface area (Å²) in [7, 11) is 0. The Labute approximate surface area is 189 Å². The van der Waals surface area contributed by atoms with Gasteiger partial charge in [0.05, 0.1) is 26.2 Å². The molecule has 156 valence electrons. The molecule has 0 spiro atoms. The van der Waals surface area contributed by atoms with Crippen molar-refractivity contribution in [1.29, 1.82) is 0 Å². The third-order valence-electron chi connectivity index (χ3n) is 4.19. The summed E-state index contributed by atoms with van der Waals surface area (Å²) in [5.41, 5.74) is 2.23. The number of amides is 2. The molecule has 4 aromatic rings. The Morgan fingerprint density at radius 2 is 1.90 bits per heavy atom. The highest BCUT2D eigenvalue weighted by Gasteiger charge is 2.18. The molecule has 0 saturated heterocycles. The van der Waals surface area contributed by atoms with Crippen LogP contribution in [-0.4, -0.2) is 21.8 Å². The van der Waals surface area contributed by atoms with Crippen LogP contribution in [0.2, 0.25) is 5.02 Å². The number of hydrogen-bond acceptors (Lipinski definition) is 6. The van der Waals surface area contributed by atoms with Gasteiger partial charge in [-0.15, -0.1) is 22.7 Å². The van der Waals surface area contributed by atoms with Gasteiger partial charge in [0.1, 0.15) is 11.5 Å². The maximum atomic E-state index is 13.2. The summed E-state index contributed by atoms with van der Waals surface area (Å²) in [6, 6.07) is 10.8. The number of halogens is 2. The molecule has 6 nitrogen and oxygen atoms in total. The summed E-state index contributed by atoms with van der Waals surface area (Å²) in [5, 5.41) is 8.22. The minimum absolute atomic E-state index is 0.0104. The molecule has 31 heavy (non-hydrogen) atoms. The molecule has 0 bridgehead atoms. The number of aromatic nitrogens is 2. The van der Waals surface area contributed by atoms with E-state index in [0.29, 0.717) is 26.3 Å². The van der Waals surface area contributed by atoms with E-state index in [1.54, 1.807) is 19.2 Å². The zero-order valence-electron chi connectivity index (χ0n) is 16.0. The Morgan fingerprint density at radius 1 is 1.06 bits per heavy atom. The number of thiophene rings is 1. The number of nitrogens with one attached hydrogen (secondary N) is 2. The minimum atomic E-state index is -0.527. The lowest BCUT2D eigenvalue weighted by Gasteiger charge is -2.04. The number of nitrogens with zero attached hydrogens (tertiary/aromatic N) is 2. The molecule has 2 N–H and O–H groups in total. The van der Waals surface area contributed by atoms with Gasteiger partial charge in [-0.25, -0.2) is 9.37 Å². The summed E-state index contributed by atoms with van der Waals surface area (Å²) in [5.74, 6) is -1.34. The molecule has 0 aliphatic heterocycles. The molecule has 10 heteroatoms. The van der Waals surface area contributed by atoms with Crippen LogP contribution in [0.25, 0.3) is 11.4 Å². The fraction of sp³-hybridized carbons (Fsp3) is 0.0476. The number of thiazole rings is 1. The van der Waals surface area contributed by atoms with Crippen LogP contribution in [0.15, 0.2) is 54.0 Å². The predicted molar refractivity (Wildman–Crippen MR) is 122 cm³/mol. The Balaban J connectivity index is 1.46. The van der Waals surface area contributed by atoms with Crippen molar-refractivity contribution >= 4 is 56.2 Å². The molecule has 0 aliphatic rings. The Morgan fingerprint density at radius 3 is 2.65 bits per heavy atom. The van der Waals surface area contributed by atoms with E-state index >= 15 is 0 Å². The van der Waals surface area contributed by atoms with Gasteiger partial charge < -0.3 is 5.32 Å². The second kappa shape index (κ2) is 8.93. The van der Waals surface area contributed by atoms with E-state index in [-0.39, 0.29) is 16.5 Å².